The van der Waals surface area contributed by atoms with Crippen LogP contribution in [0.15, 0.2) is 9.63 Å². The summed E-state index contributed by atoms with van der Waals surface area (Å²) >= 11 is 3.12. The van der Waals surface area contributed by atoms with Crippen molar-refractivity contribution in [1.29, 1.82) is 0 Å². The van der Waals surface area contributed by atoms with Gasteiger partial charge >= 0.3 is 0 Å². The summed E-state index contributed by atoms with van der Waals surface area (Å²) < 4.78 is 33.1. The van der Waals surface area contributed by atoms with E-state index in [0.29, 0.717) is 13.1 Å². The normalized spacial score (nSPS) is 22.3. The second-order valence-corrected chi connectivity index (χ2v) is 6.78. The Morgan fingerprint density at radius 2 is 2.22 bits per heavy atom. The van der Waals surface area contributed by atoms with E-state index in [1.54, 1.807) is 14.2 Å². The Morgan fingerprint density at radius 1 is 1.50 bits per heavy atom. The smallest absolute Gasteiger partial charge is 0.263 e. The lowest BCUT2D eigenvalue weighted by Crippen LogP contribution is -2.43. The maximum atomic E-state index is 12.5. The van der Waals surface area contributed by atoms with E-state index in [9.17, 15) is 8.42 Å². The van der Waals surface area contributed by atoms with Crippen LogP contribution in [0.4, 0.5) is 0 Å². The predicted octanol–water partition coefficient (Wildman–Crippen LogP) is 0.377. The zero-order chi connectivity index (χ0) is 13.3. The lowest BCUT2D eigenvalue weighted by molar-refractivity contribution is 0.0570. The quantitative estimate of drug-likeness (QED) is 0.796. The first-order valence-corrected chi connectivity index (χ1v) is 7.78. The van der Waals surface area contributed by atoms with Gasteiger partial charge in [0, 0.05) is 27.2 Å². The first-order chi connectivity index (χ1) is 8.46. The largest absolute Gasteiger partial charge is 0.380 e. The second-order valence-electron chi connectivity index (χ2n) is 4.17. The average molecular weight is 339 g/mol. The van der Waals surface area contributed by atoms with Crippen LogP contribution in [0.1, 0.15) is 12.8 Å². The van der Waals surface area contributed by atoms with Gasteiger partial charge in [0.1, 0.15) is 0 Å². The van der Waals surface area contributed by atoms with Crippen molar-refractivity contribution in [2.24, 2.45) is 7.05 Å². The van der Waals surface area contributed by atoms with E-state index in [2.05, 4.69) is 26.2 Å². The van der Waals surface area contributed by atoms with Gasteiger partial charge in [0.2, 0.25) is 5.03 Å². The highest BCUT2D eigenvalue weighted by Crippen LogP contribution is 2.25. The van der Waals surface area contributed by atoms with Crippen LogP contribution in [0.3, 0.4) is 0 Å². The highest BCUT2D eigenvalue weighted by molar-refractivity contribution is 9.10. The Labute approximate surface area is 114 Å². The molecule has 0 spiro atoms. The lowest BCUT2D eigenvalue weighted by Gasteiger charge is -2.30. The summed E-state index contributed by atoms with van der Waals surface area (Å²) in [5.74, 6) is 0. The lowest BCUT2D eigenvalue weighted by atomic mass is 10.1. The molecule has 0 radical (unpaired) electrons. The monoisotopic (exact) mass is 338 g/mol. The van der Waals surface area contributed by atoms with Crippen LogP contribution in [0.5, 0.6) is 0 Å². The molecule has 0 amide bonds. The predicted molar refractivity (Wildman–Crippen MR) is 67.5 cm³/mol. The molecule has 0 N–H and O–H groups in total. The van der Waals surface area contributed by atoms with Gasteiger partial charge in [-0.2, -0.15) is 4.31 Å². The number of hydrogen-bond donors (Lipinski definition) is 0. The fourth-order valence-electron chi connectivity index (χ4n) is 2.03. The molecule has 1 aromatic heterocycles. The Hall–Kier alpha value is -0.510. The van der Waals surface area contributed by atoms with Gasteiger partial charge in [0.15, 0.2) is 4.60 Å². The number of aryl methyl sites for hydroxylation is 1. The molecule has 1 aromatic rings. The number of ether oxygens (including phenoxy) is 1. The van der Waals surface area contributed by atoms with Gasteiger partial charge < -0.3 is 4.74 Å². The van der Waals surface area contributed by atoms with Gasteiger partial charge in [0.25, 0.3) is 10.0 Å². The molecule has 1 fully saturated rings. The molecule has 102 valence electrons. The summed E-state index contributed by atoms with van der Waals surface area (Å²) in [6, 6.07) is 0. The maximum Gasteiger partial charge on any atom is 0.263 e. The van der Waals surface area contributed by atoms with E-state index in [1.165, 1.54) is 8.99 Å². The van der Waals surface area contributed by atoms with Crippen molar-refractivity contribution in [2.45, 2.75) is 24.0 Å². The standard InChI is InChI=1S/C9H15BrN4O3S/c1-13-9(8(10)11-12-13)18(15,16)14-5-3-4-7(6-14)17-2/h7H,3-6H2,1-2H3. The Morgan fingerprint density at radius 3 is 2.78 bits per heavy atom. The SMILES string of the molecule is COC1CCCN(S(=O)(=O)c2c(Br)nnn2C)C1. The van der Waals surface area contributed by atoms with Crippen LogP contribution in [0.25, 0.3) is 0 Å². The van der Waals surface area contributed by atoms with Gasteiger partial charge in [-0.1, -0.05) is 5.21 Å². The number of rotatable bonds is 3. The second kappa shape index (κ2) is 5.24. The van der Waals surface area contributed by atoms with Gasteiger partial charge in [-0.05, 0) is 28.8 Å². The summed E-state index contributed by atoms with van der Waals surface area (Å²) in [4.78, 5) is 0. The van der Waals surface area contributed by atoms with Crippen molar-refractivity contribution in [1.82, 2.24) is 19.3 Å². The van der Waals surface area contributed by atoms with Crippen LogP contribution in [-0.4, -0.2) is 54.0 Å². The van der Waals surface area contributed by atoms with Crippen LogP contribution in [-0.2, 0) is 21.8 Å². The molecule has 18 heavy (non-hydrogen) atoms. The van der Waals surface area contributed by atoms with Gasteiger partial charge in [-0.15, -0.1) is 5.10 Å². The number of piperidine rings is 1. The third kappa shape index (κ3) is 2.44. The first kappa shape index (κ1) is 13.9. The Bertz CT molecular complexity index is 510. The van der Waals surface area contributed by atoms with Crippen molar-refractivity contribution in [3.8, 4) is 0 Å². The number of halogens is 1. The topological polar surface area (TPSA) is 77.3 Å². The fourth-order valence-corrected chi connectivity index (χ4v) is 4.58. The van der Waals surface area contributed by atoms with Crippen molar-refractivity contribution >= 4 is 26.0 Å². The summed E-state index contributed by atoms with van der Waals surface area (Å²) in [6.07, 6.45) is 1.63. The number of methoxy groups -OCH3 is 1. The molecule has 2 heterocycles. The Kier molecular flexibility index (Phi) is 4.05. The molecule has 1 aliphatic rings. The van der Waals surface area contributed by atoms with Gasteiger partial charge in [-0.25, -0.2) is 13.1 Å². The van der Waals surface area contributed by atoms with E-state index in [4.69, 9.17) is 4.74 Å². The summed E-state index contributed by atoms with van der Waals surface area (Å²) in [5, 5.41) is 7.49. The highest BCUT2D eigenvalue weighted by atomic mass is 79.9. The van der Waals surface area contributed by atoms with E-state index < -0.39 is 10.0 Å². The average Bonchev–Trinajstić information content (AvgIpc) is 2.69. The number of aromatic nitrogens is 3. The van der Waals surface area contributed by atoms with Crippen molar-refractivity contribution < 1.29 is 13.2 Å². The van der Waals surface area contributed by atoms with E-state index >= 15 is 0 Å². The number of nitrogens with zero attached hydrogens (tertiary/aromatic N) is 4. The minimum atomic E-state index is -3.58. The molecule has 9 heteroatoms. The number of sulfonamides is 1. The molecule has 0 aliphatic carbocycles. The molecule has 7 nitrogen and oxygen atoms in total. The molecule has 2 rings (SSSR count). The molecule has 1 saturated heterocycles. The van der Waals surface area contributed by atoms with Gasteiger partial charge in [-0.3, -0.25) is 0 Å². The molecule has 0 saturated carbocycles. The Balaban J connectivity index is 2.31. The first-order valence-electron chi connectivity index (χ1n) is 5.55. The van der Waals surface area contributed by atoms with E-state index in [1.807, 2.05) is 0 Å². The molecule has 1 aliphatic heterocycles. The zero-order valence-corrected chi connectivity index (χ0v) is 12.6. The third-order valence-corrected chi connectivity index (χ3v) is 5.75. The molecule has 0 bridgehead atoms. The summed E-state index contributed by atoms with van der Waals surface area (Å²) in [6.45, 7) is 0.871. The van der Waals surface area contributed by atoms with Crippen molar-refractivity contribution in [3.05, 3.63) is 4.60 Å². The zero-order valence-electron chi connectivity index (χ0n) is 10.2. The molecular formula is C9H15BrN4O3S. The maximum absolute atomic E-state index is 12.5. The number of hydrogen-bond acceptors (Lipinski definition) is 5. The molecule has 0 aromatic carbocycles. The minimum Gasteiger partial charge on any atom is -0.380 e. The van der Waals surface area contributed by atoms with E-state index in [-0.39, 0.29) is 15.7 Å². The van der Waals surface area contributed by atoms with Gasteiger partial charge in [0.05, 0.1) is 6.10 Å². The van der Waals surface area contributed by atoms with Crippen molar-refractivity contribution in [3.63, 3.8) is 0 Å². The van der Waals surface area contributed by atoms with E-state index in [0.717, 1.165) is 12.8 Å². The minimum absolute atomic E-state index is 0.0477. The molecule has 1 unspecified atom stereocenters. The van der Waals surface area contributed by atoms with Crippen LogP contribution >= 0.6 is 15.9 Å². The van der Waals surface area contributed by atoms with Crippen LogP contribution in [0.2, 0.25) is 0 Å². The molecular weight excluding hydrogens is 324 g/mol. The summed E-state index contributed by atoms with van der Waals surface area (Å²) in [7, 11) is -0.421. The fraction of sp³-hybridized carbons (Fsp3) is 0.778. The van der Waals surface area contributed by atoms with Crippen LogP contribution in [0, 0.1) is 0 Å². The van der Waals surface area contributed by atoms with Crippen LogP contribution < -0.4 is 0 Å². The summed E-state index contributed by atoms with van der Waals surface area (Å²) in [5.41, 5.74) is 0. The van der Waals surface area contributed by atoms with Crippen molar-refractivity contribution in [2.75, 3.05) is 20.2 Å². The highest BCUT2D eigenvalue weighted by Gasteiger charge is 2.34. The molecule has 1 atom stereocenters. The third-order valence-electron chi connectivity index (χ3n) is 3.00.